The number of oxazole rings is 1. The van der Waals surface area contributed by atoms with E-state index in [-0.39, 0.29) is 0 Å². The molecule has 0 bridgehead atoms. The van der Waals surface area contributed by atoms with Crippen LogP contribution < -0.4 is 10.2 Å². The van der Waals surface area contributed by atoms with Gasteiger partial charge in [-0.3, -0.25) is 4.98 Å². The Balaban J connectivity index is 1.58. The molecule has 0 radical (unpaired) electrons. The molecule has 1 aliphatic rings. The van der Waals surface area contributed by atoms with Crippen molar-refractivity contribution in [3.8, 4) is 0 Å². The highest BCUT2D eigenvalue weighted by atomic mass is 16.4. The van der Waals surface area contributed by atoms with E-state index in [0.717, 1.165) is 17.9 Å². The lowest BCUT2D eigenvalue weighted by Crippen LogP contribution is -2.18. The summed E-state index contributed by atoms with van der Waals surface area (Å²) >= 11 is 0. The Kier molecular flexibility index (Phi) is 3.46. The van der Waals surface area contributed by atoms with Crippen LogP contribution in [0, 0.1) is 0 Å². The van der Waals surface area contributed by atoms with E-state index in [0.29, 0.717) is 18.6 Å². The average Bonchev–Trinajstić information content (AvgIpc) is 3.14. The van der Waals surface area contributed by atoms with Gasteiger partial charge in [0, 0.05) is 25.8 Å². The minimum atomic E-state index is 0.637. The van der Waals surface area contributed by atoms with Crippen LogP contribution in [-0.2, 0) is 13.1 Å². The van der Waals surface area contributed by atoms with Crippen molar-refractivity contribution in [1.29, 1.82) is 0 Å². The molecule has 3 rings (SSSR count). The van der Waals surface area contributed by atoms with Crippen LogP contribution in [0.4, 0.5) is 6.01 Å². The molecule has 100 valence electrons. The molecule has 5 heteroatoms. The highest BCUT2D eigenvalue weighted by Crippen LogP contribution is 2.20. The maximum absolute atomic E-state index is 5.50. The van der Waals surface area contributed by atoms with Crippen LogP contribution in [0.5, 0.6) is 0 Å². The number of rotatable bonds is 6. The average molecular weight is 258 g/mol. The van der Waals surface area contributed by atoms with Gasteiger partial charge in [0.1, 0.15) is 6.26 Å². The third-order valence-electron chi connectivity index (χ3n) is 3.14. The molecule has 0 saturated heterocycles. The number of nitrogens with zero attached hydrogens (tertiary/aromatic N) is 3. The molecule has 0 atom stereocenters. The van der Waals surface area contributed by atoms with Crippen molar-refractivity contribution in [2.75, 3.05) is 11.9 Å². The maximum Gasteiger partial charge on any atom is 0.297 e. The molecule has 0 unspecified atom stereocenters. The highest BCUT2D eigenvalue weighted by molar-refractivity contribution is 5.26. The third-order valence-corrected chi connectivity index (χ3v) is 3.14. The summed E-state index contributed by atoms with van der Waals surface area (Å²) in [5.74, 6) is 0. The summed E-state index contributed by atoms with van der Waals surface area (Å²) in [5, 5.41) is 3.42. The Morgan fingerprint density at radius 1 is 1.37 bits per heavy atom. The lowest BCUT2D eigenvalue weighted by molar-refractivity contribution is 0.541. The number of hydrogen-bond acceptors (Lipinski definition) is 5. The Morgan fingerprint density at radius 2 is 2.26 bits per heavy atom. The smallest absolute Gasteiger partial charge is 0.297 e. The van der Waals surface area contributed by atoms with E-state index in [1.165, 1.54) is 12.8 Å². The first-order chi connectivity index (χ1) is 9.31. The predicted molar refractivity (Wildman–Crippen MR) is 72.7 cm³/mol. The fourth-order valence-corrected chi connectivity index (χ4v) is 1.89. The van der Waals surface area contributed by atoms with E-state index in [1.54, 1.807) is 12.5 Å². The molecular weight excluding hydrogens is 240 g/mol. The van der Waals surface area contributed by atoms with Crippen LogP contribution in [-0.4, -0.2) is 23.1 Å². The van der Waals surface area contributed by atoms with Crippen molar-refractivity contribution >= 4 is 6.01 Å². The molecule has 0 spiro atoms. The molecule has 0 aliphatic heterocycles. The van der Waals surface area contributed by atoms with Crippen LogP contribution in [0.15, 0.2) is 35.1 Å². The molecular formula is C14H18N4O. The Morgan fingerprint density at radius 3 is 3.00 bits per heavy atom. The number of hydrogen-bond donors (Lipinski definition) is 1. The number of anilines is 1. The molecule has 1 fully saturated rings. The molecule has 5 nitrogen and oxygen atoms in total. The second kappa shape index (κ2) is 5.40. The molecule has 2 heterocycles. The second-order valence-corrected chi connectivity index (χ2v) is 4.95. The zero-order valence-electron chi connectivity index (χ0n) is 11.0. The van der Waals surface area contributed by atoms with Crippen LogP contribution in [0.2, 0.25) is 0 Å². The van der Waals surface area contributed by atoms with Gasteiger partial charge in [0.2, 0.25) is 0 Å². The van der Waals surface area contributed by atoms with Gasteiger partial charge in [0.15, 0.2) is 0 Å². The maximum atomic E-state index is 5.50. The summed E-state index contributed by atoms with van der Waals surface area (Å²) < 4.78 is 5.50. The van der Waals surface area contributed by atoms with E-state index >= 15 is 0 Å². The number of pyridine rings is 1. The zero-order chi connectivity index (χ0) is 13.1. The topological polar surface area (TPSA) is 54.2 Å². The second-order valence-electron chi connectivity index (χ2n) is 4.95. The standard InChI is InChI=1S/C14H18N4O/c1-18(9-12-4-2-3-7-15-12)14-17-13(10-19-14)8-16-11-5-6-11/h2-4,7,10-11,16H,5-6,8-9H2,1H3. The Hall–Kier alpha value is -1.88. The van der Waals surface area contributed by atoms with Crippen molar-refractivity contribution in [2.45, 2.75) is 32.0 Å². The SMILES string of the molecule is CN(Cc1ccccn1)c1nc(CNC2CC2)co1. The summed E-state index contributed by atoms with van der Waals surface area (Å²) in [6, 6.07) is 7.21. The van der Waals surface area contributed by atoms with Crippen molar-refractivity contribution in [3.05, 3.63) is 42.0 Å². The summed E-state index contributed by atoms with van der Waals surface area (Å²) in [4.78, 5) is 10.7. The zero-order valence-corrected chi connectivity index (χ0v) is 11.0. The van der Waals surface area contributed by atoms with E-state index in [9.17, 15) is 0 Å². The summed E-state index contributed by atoms with van der Waals surface area (Å²) in [5.41, 5.74) is 1.95. The molecule has 1 saturated carbocycles. The number of aromatic nitrogens is 2. The number of nitrogens with one attached hydrogen (secondary N) is 1. The molecule has 2 aromatic heterocycles. The Labute approximate surface area is 112 Å². The van der Waals surface area contributed by atoms with Gasteiger partial charge >= 0.3 is 0 Å². The van der Waals surface area contributed by atoms with Gasteiger partial charge in [0.05, 0.1) is 17.9 Å². The highest BCUT2D eigenvalue weighted by Gasteiger charge is 2.20. The van der Waals surface area contributed by atoms with E-state index in [1.807, 2.05) is 30.1 Å². The lowest BCUT2D eigenvalue weighted by Gasteiger charge is -2.13. The van der Waals surface area contributed by atoms with Gasteiger partial charge < -0.3 is 14.6 Å². The predicted octanol–water partition coefficient (Wildman–Crippen LogP) is 1.96. The molecule has 19 heavy (non-hydrogen) atoms. The van der Waals surface area contributed by atoms with Crippen molar-refractivity contribution in [3.63, 3.8) is 0 Å². The molecule has 2 aromatic rings. The lowest BCUT2D eigenvalue weighted by atomic mass is 10.3. The van der Waals surface area contributed by atoms with Crippen molar-refractivity contribution in [1.82, 2.24) is 15.3 Å². The molecule has 1 aliphatic carbocycles. The normalized spacial score (nSPS) is 14.6. The van der Waals surface area contributed by atoms with E-state index in [2.05, 4.69) is 15.3 Å². The van der Waals surface area contributed by atoms with Gasteiger partial charge in [0.25, 0.3) is 6.01 Å². The Bertz CT molecular complexity index is 521. The van der Waals surface area contributed by atoms with Crippen molar-refractivity contribution < 1.29 is 4.42 Å². The van der Waals surface area contributed by atoms with Crippen LogP contribution in [0.25, 0.3) is 0 Å². The van der Waals surface area contributed by atoms with Gasteiger partial charge in [-0.25, -0.2) is 0 Å². The van der Waals surface area contributed by atoms with Crippen LogP contribution >= 0.6 is 0 Å². The summed E-state index contributed by atoms with van der Waals surface area (Å²) in [7, 11) is 1.96. The fourth-order valence-electron chi connectivity index (χ4n) is 1.89. The van der Waals surface area contributed by atoms with Gasteiger partial charge in [-0.1, -0.05) is 6.07 Å². The fraction of sp³-hybridized carbons (Fsp3) is 0.429. The summed E-state index contributed by atoms with van der Waals surface area (Å²) in [6.07, 6.45) is 6.08. The van der Waals surface area contributed by atoms with E-state index in [4.69, 9.17) is 4.42 Å². The minimum absolute atomic E-state index is 0.637. The quantitative estimate of drug-likeness (QED) is 0.858. The van der Waals surface area contributed by atoms with E-state index < -0.39 is 0 Å². The summed E-state index contributed by atoms with van der Waals surface area (Å²) in [6.45, 7) is 1.47. The molecule has 0 amide bonds. The first-order valence-corrected chi connectivity index (χ1v) is 6.60. The molecule has 0 aromatic carbocycles. The largest absolute Gasteiger partial charge is 0.432 e. The van der Waals surface area contributed by atoms with Crippen molar-refractivity contribution in [2.24, 2.45) is 0 Å². The van der Waals surface area contributed by atoms with Crippen LogP contribution in [0.1, 0.15) is 24.2 Å². The van der Waals surface area contributed by atoms with Crippen LogP contribution in [0.3, 0.4) is 0 Å². The van der Waals surface area contributed by atoms with Gasteiger partial charge in [-0.2, -0.15) is 4.98 Å². The van der Waals surface area contributed by atoms with Gasteiger partial charge in [-0.05, 0) is 25.0 Å². The monoisotopic (exact) mass is 258 g/mol. The first kappa shape index (κ1) is 12.2. The third kappa shape index (κ3) is 3.32. The first-order valence-electron chi connectivity index (χ1n) is 6.60. The minimum Gasteiger partial charge on any atom is -0.432 e. The van der Waals surface area contributed by atoms with Gasteiger partial charge in [-0.15, -0.1) is 0 Å². The molecule has 1 N–H and O–H groups in total.